The van der Waals surface area contributed by atoms with E-state index in [2.05, 4.69) is 10.3 Å². The van der Waals surface area contributed by atoms with Crippen LogP contribution in [0.5, 0.6) is 0 Å². The Morgan fingerprint density at radius 2 is 2.16 bits per heavy atom. The third-order valence-electron chi connectivity index (χ3n) is 3.74. The van der Waals surface area contributed by atoms with Crippen LogP contribution in [0.15, 0.2) is 10.6 Å². The molecule has 0 radical (unpaired) electrons. The summed E-state index contributed by atoms with van der Waals surface area (Å²) in [6, 6.07) is 0. The predicted octanol–water partition coefficient (Wildman–Crippen LogP) is 1.21. The van der Waals surface area contributed by atoms with Gasteiger partial charge >= 0.3 is 5.97 Å². The number of hydrogen-bond donors (Lipinski definition) is 2. The number of carbonyl (C=O) groups is 2. The fourth-order valence-electron chi connectivity index (χ4n) is 2.45. The Morgan fingerprint density at radius 3 is 2.63 bits per heavy atom. The molecule has 0 spiro atoms. The van der Waals surface area contributed by atoms with Crippen molar-refractivity contribution in [2.75, 3.05) is 0 Å². The maximum absolute atomic E-state index is 11.9. The Labute approximate surface area is 111 Å². The molecule has 2 atom stereocenters. The van der Waals surface area contributed by atoms with E-state index in [0.717, 1.165) is 12.2 Å². The van der Waals surface area contributed by atoms with Crippen molar-refractivity contribution in [2.45, 2.75) is 33.7 Å². The Balaban J connectivity index is 1.91. The average molecular weight is 266 g/mol. The minimum absolute atomic E-state index is 0.192. The lowest BCUT2D eigenvalue weighted by molar-refractivity contribution is -0.140. The Morgan fingerprint density at radius 1 is 1.47 bits per heavy atom. The maximum atomic E-state index is 11.9. The predicted molar refractivity (Wildman–Crippen MR) is 66.1 cm³/mol. The average Bonchev–Trinajstić information content (AvgIpc) is 2.73. The highest BCUT2D eigenvalue weighted by atomic mass is 16.4. The van der Waals surface area contributed by atoms with Gasteiger partial charge in [-0.2, -0.15) is 0 Å². The van der Waals surface area contributed by atoms with Gasteiger partial charge in [0.15, 0.2) is 0 Å². The monoisotopic (exact) mass is 266 g/mol. The van der Waals surface area contributed by atoms with E-state index in [1.54, 1.807) is 20.0 Å². The van der Waals surface area contributed by atoms with Crippen LogP contribution in [0.3, 0.4) is 0 Å². The molecule has 1 fully saturated rings. The highest BCUT2D eigenvalue weighted by Crippen LogP contribution is 2.58. The van der Waals surface area contributed by atoms with E-state index >= 15 is 0 Å². The third kappa shape index (κ3) is 2.47. The first kappa shape index (κ1) is 13.6. The van der Waals surface area contributed by atoms with E-state index in [1.165, 1.54) is 0 Å². The molecular weight excluding hydrogens is 248 g/mol. The number of aromatic nitrogens is 1. The van der Waals surface area contributed by atoms with Gasteiger partial charge in [-0.1, -0.05) is 20.8 Å². The van der Waals surface area contributed by atoms with Gasteiger partial charge in [0, 0.05) is 6.42 Å². The Hall–Kier alpha value is -1.85. The summed E-state index contributed by atoms with van der Waals surface area (Å²) in [5, 5.41) is 11.7. The van der Waals surface area contributed by atoms with Crippen LogP contribution in [0.2, 0.25) is 0 Å². The van der Waals surface area contributed by atoms with Crippen molar-refractivity contribution in [3.05, 3.63) is 17.8 Å². The van der Waals surface area contributed by atoms with Crippen molar-refractivity contribution < 1.29 is 19.1 Å². The molecule has 0 aromatic carbocycles. The summed E-state index contributed by atoms with van der Waals surface area (Å²) in [6.45, 7) is 5.72. The van der Waals surface area contributed by atoms with Crippen LogP contribution < -0.4 is 5.32 Å². The van der Waals surface area contributed by atoms with Crippen molar-refractivity contribution >= 4 is 11.9 Å². The first-order chi connectivity index (χ1) is 8.87. The van der Waals surface area contributed by atoms with Crippen molar-refractivity contribution in [1.82, 2.24) is 10.3 Å². The number of carboxylic acid groups (broad SMARTS) is 1. The molecule has 0 bridgehead atoms. The first-order valence-electron chi connectivity index (χ1n) is 6.32. The normalized spacial score (nSPS) is 23.9. The van der Waals surface area contributed by atoms with Crippen LogP contribution in [0.1, 0.15) is 32.4 Å². The molecule has 6 nitrogen and oxygen atoms in total. The highest BCUT2D eigenvalue weighted by Gasteiger charge is 2.65. The molecule has 1 heterocycles. The van der Waals surface area contributed by atoms with Gasteiger partial charge in [-0.25, -0.2) is 4.98 Å². The van der Waals surface area contributed by atoms with Crippen molar-refractivity contribution in [3.8, 4) is 0 Å². The summed E-state index contributed by atoms with van der Waals surface area (Å²) in [5.74, 6) is -1.06. The molecule has 0 aliphatic heterocycles. The number of hydrogen-bond acceptors (Lipinski definition) is 4. The molecule has 1 aromatic heterocycles. The lowest BCUT2D eigenvalue weighted by Crippen LogP contribution is -2.26. The van der Waals surface area contributed by atoms with Crippen LogP contribution in [-0.4, -0.2) is 22.0 Å². The van der Waals surface area contributed by atoms with Gasteiger partial charge in [0.2, 0.25) is 11.8 Å². The zero-order valence-electron chi connectivity index (χ0n) is 11.3. The van der Waals surface area contributed by atoms with Gasteiger partial charge in [0.1, 0.15) is 5.76 Å². The fourth-order valence-corrected chi connectivity index (χ4v) is 2.45. The molecule has 0 saturated heterocycles. The van der Waals surface area contributed by atoms with Crippen LogP contribution in [0.4, 0.5) is 0 Å². The number of nitrogens with one attached hydrogen (secondary N) is 1. The molecule has 1 aromatic rings. The molecule has 6 heteroatoms. The second-order valence-electron chi connectivity index (χ2n) is 5.41. The summed E-state index contributed by atoms with van der Waals surface area (Å²) >= 11 is 0. The smallest absolute Gasteiger partial charge is 0.307 e. The Bertz CT molecular complexity index is 506. The van der Waals surface area contributed by atoms with Gasteiger partial charge in [-0.3, -0.25) is 9.59 Å². The van der Waals surface area contributed by atoms with Crippen LogP contribution in [0.25, 0.3) is 0 Å². The second kappa shape index (κ2) is 4.68. The number of carbonyl (C=O) groups excluding carboxylic acids is 1. The van der Waals surface area contributed by atoms with E-state index < -0.39 is 23.2 Å². The molecule has 1 amide bonds. The number of aryl methyl sites for hydroxylation is 1. The van der Waals surface area contributed by atoms with Gasteiger partial charge < -0.3 is 14.8 Å². The van der Waals surface area contributed by atoms with E-state index in [9.17, 15) is 9.59 Å². The number of aliphatic carboxylic acids is 1. The Kier molecular flexibility index (Phi) is 3.34. The minimum Gasteiger partial charge on any atom is -0.481 e. The topological polar surface area (TPSA) is 92.4 Å². The number of nitrogens with zero attached hydrogens (tertiary/aromatic N) is 1. The zero-order valence-corrected chi connectivity index (χ0v) is 11.3. The van der Waals surface area contributed by atoms with E-state index in [-0.39, 0.29) is 12.5 Å². The third-order valence-corrected chi connectivity index (χ3v) is 3.74. The lowest BCUT2D eigenvalue weighted by Gasteiger charge is -2.03. The molecule has 19 heavy (non-hydrogen) atoms. The highest BCUT2D eigenvalue weighted by molar-refractivity contribution is 5.91. The van der Waals surface area contributed by atoms with Crippen LogP contribution in [-0.2, 0) is 22.6 Å². The minimum atomic E-state index is -0.922. The molecule has 1 aliphatic carbocycles. The molecule has 1 saturated carbocycles. The summed E-state index contributed by atoms with van der Waals surface area (Å²) in [7, 11) is 0. The van der Waals surface area contributed by atoms with Gasteiger partial charge in [0.05, 0.1) is 24.6 Å². The molecule has 1 aliphatic rings. The summed E-state index contributed by atoms with van der Waals surface area (Å²) < 4.78 is 5.37. The van der Waals surface area contributed by atoms with Gasteiger partial charge in [0.25, 0.3) is 0 Å². The standard InChI is InChI=1S/C13H18N2O4/c1-4-7-5-14-8(19-7)6-15-11(16)9-10(12(17)18)13(9,2)3/h5,9-10H,4,6H2,1-3H3,(H,15,16)(H,17,18)/t9-,10+/m0/s1. The number of oxazole rings is 1. The molecule has 0 unspecified atom stereocenters. The number of amides is 1. The summed E-state index contributed by atoms with van der Waals surface area (Å²) in [4.78, 5) is 27.0. The van der Waals surface area contributed by atoms with Crippen LogP contribution in [0, 0.1) is 17.3 Å². The van der Waals surface area contributed by atoms with Crippen LogP contribution >= 0.6 is 0 Å². The summed E-state index contributed by atoms with van der Waals surface area (Å²) in [5.41, 5.74) is -0.485. The number of carboxylic acids is 1. The largest absolute Gasteiger partial charge is 0.481 e. The quantitative estimate of drug-likeness (QED) is 0.835. The van der Waals surface area contributed by atoms with E-state index in [4.69, 9.17) is 9.52 Å². The first-order valence-corrected chi connectivity index (χ1v) is 6.32. The van der Waals surface area contributed by atoms with E-state index in [1.807, 2.05) is 6.92 Å². The van der Waals surface area contributed by atoms with Crippen molar-refractivity contribution in [2.24, 2.45) is 17.3 Å². The zero-order chi connectivity index (χ0) is 14.2. The van der Waals surface area contributed by atoms with Gasteiger partial charge in [-0.05, 0) is 5.41 Å². The molecule has 104 valence electrons. The molecule has 2 N–H and O–H groups in total. The van der Waals surface area contributed by atoms with Crippen molar-refractivity contribution in [1.29, 1.82) is 0 Å². The summed E-state index contributed by atoms with van der Waals surface area (Å²) in [6.07, 6.45) is 2.38. The van der Waals surface area contributed by atoms with Crippen molar-refractivity contribution in [3.63, 3.8) is 0 Å². The maximum Gasteiger partial charge on any atom is 0.307 e. The fraction of sp³-hybridized carbons (Fsp3) is 0.615. The molecule has 2 rings (SSSR count). The van der Waals surface area contributed by atoms with E-state index in [0.29, 0.717) is 5.89 Å². The lowest BCUT2D eigenvalue weighted by atomic mass is 10.1. The molecular formula is C13H18N2O4. The second-order valence-corrected chi connectivity index (χ2v) is 5.41. The number of rotatable bonds is 5. The SMILES string of the molecule is CCc1cnc(CNC(=O)[C@@H]2[C@H](C(=O)O)C2(C)C)o1. The van der Waals surface area contributed by atoms with Gasteiger partial charge in [-0.15, -0.1) is 0 Å².